The number of rotatable bonds is 55. The average Bonchev–Trinajstić information content (AvgIpc) is 3.35. The van der Waals surface area contributed by atoms with E-state index in [9.17, 15) is 19.2 Å². The summed E-state index contributed by atoms with van der Waals surface area (Å²) >= 11 is 0. The van der Waals surface area contributed by atoms with Crippen molar-refractivity contribution in [2.75, 3.05) is 52.4 Å². The maximum absolute atomic E-state index is 12.4. The number of hydrogen-bond acceptors (Lipinski definition) is 8. The Balaban J connectivity index is -0.00000397. The highest BCUT2D eigenvalue weighted by molar-refractivity contribution is 5.86. The first-order valence-corrected chi connectivity index (χ1v) is 29.6. The molecule has 4 amide bonds. The second-order valence-corrected chi connectivity index (χ2v) is 20.1. The lowest BCUT2D eigenvalue weighted by atomic mass is 10.1. The predicted molar refractivity (Wildman–Crippen MR) is 328 cm³/mol. The third kappa shape index (κ3) is 62.9. The minimum Gasteiger partial charge on any atom is -0.356 e. The number of allylic oxidation sites excluding steroid dienone is 4. The third-order valence-corrected chi connectivity index (χ3v) is 13.1. The Kier molecular flexibility index (Phi) is 74.0. The van der Waals surface area contributed by atoms with Gasteiger partial charge in [0.25, 0.3) is 0 Å². The smallest absolute Gasteiger partial charge is 0.236 e. The number of unbranched alkanes of at least 4 members (excludes halogenated alkanes) is 25. The summed E-state index contributed by atoms with van der Waals surface area (Å²) in [5.74, 6) is 0.0497. The monoisotopic (exact) mass is 1130 g/mol. The summed E-state index contributed by atoms with van der Waals surface area (Å²) in [6.45, 7) is 10.6. The Morgan fingerprint density at radius 1 is 0.324 bits per heavy atom. The summed E-state index contributed by atoms with van der Waals surface area (Å²) in [6, 6.07) is -1.03. The van der Waals surface area contributed by atoms with Gasteiger partial charge in [-0.1, -0.05) is 141 Å². The van der Waals surface area contributed by atoms with Crippen molar-refractivity contribution in [2.24, 2.45) is 11.5 Å². The molecule has 0 aliphatic heterocycles. The molecule has 0 bridgehead atoms. The SMILES string of the molecule is CCCCCCCC/C=C\CCCCCCCC(=O)NCCCCC(N)C(=O)NCCCNCCCCNCCCNC(=O)C(N)CCCCNC(=O)CCCCCCC/C=C\CCCCCCCC.Cl.Cl.Cl.Cl. The minimum absolute atomic E-state index is 0. The summed E-state index contributed by atoms with van der Waals surface area (Å²) < 4.78 is 0. The molecule has 12 nitrogen and oxygen atoms in total. The van der Waals surface area contributed by atoms with E-state index in [4.69, 9.17) is 11.5 Å². The first kappa shape index (κ1) is 81.2. The van der Waals surface area contributed by atoms with Gasteiger partial charge in [-0.2, -0.15) is 0 Å². The molecule has 0 aromatic carbocycles. The zero-order chi connectivity index (χ0) is 51.1. The number of carbonyl (C=O) groups excluding carboxylic acids is 4. The van der Waals surface area contributed by atoms with Crippen LogP contribution < -0.4 is 43.4 Å². The molecule has 10 N–H and O–H groups in total. The lowest BCUT2D eigenvalue weighted by Crippen LogP contribution is -2.41. The molecule has 442 valence electrons. The van der Waals surface area contributed by atoms with Crippen LogP contribution in [0.1, 0.15) is 258 Å². The van der Waals surface area contributed by atoms with Crippen molar-refractivity contribution < 1.29 is 19.2 Å². The quantitative estimate of drug-likeness (QED) is 0.0218. The standard InChI is InChI=1S/C58H114N8O4.4ClH/c1-3-5-7-9-11-13-15-17-19-21-23-25-27-29-31-43-55(67)63-49-35-33-41-53(59)57(69)65-51-39-47-61-45-37-38-46-62-48-40-52-66-58(70)54(60)42-34-36-50-64-56(68)44-32-30-28-26-24-22-20-18-16-14-12-10-8-6-4-2;;;;/h17-20,53-54,61-62H,3-16,21-52,59-60H2,1-2H3,(H,63,67)(H,64,68)(H,65,69)(H,66,70);4*1H/b19-17-,20-18-;;;;. The van der Waals surface area contributed by atoms with Crippen molar-refractivity contribution in [1.29, 1.82) is 0 Å². The number of amides is 4. The van der Waals surface area contributed by atoms with Crippen LogP contribution in [-0.4, -0.2) is 88.1 Å². The van der Waals surface area contributed by atoms with Gasteiger partial charge in [-0.3, -0.25) is 19.2 Å². The van der Waals surface area contributed by atoms with Gasteiger partial charge >= 0.3 is 0 Å². The summed E-state index contributed by atoms with van der Waals surface area (Å²) in [7, 11) is 0. The van der Waals surface area contributed by atoms with E-state index in [1.807, 2.05) is 0 Å². The topological polar surface area (TPSA) is 192 Å². The highest BCUT2D eigenvalue weighted by Crippen LogP contribution is 2.12. The van der Waals surface area contributed by atoms with Gasteiger partial charge < -0.3 is 43.4 Å². The van der Waals surface area contributed by atoms with Gasteiger partial charge in [-0.15, -0.1) is 49.6 Å². The molecule has 0 heterocycles. The normalized spacial score (nSPS) is 11.8. The van der Waals surface area contributed by atoms with Gasteiger partial charge in [0.15, 0.2) is 0 Å². The van der Waals surface area contributed by atoms with Crippen LogP contribution >= 0.6 is 49.6 Å². The maximum Gasteiger partial charge on any atom is 0.236 e. The van der Waals surface area contributed by atoms with Crippen molar-refractivity contribution in [2.45, 2.75) is 270 Å². The molecule has 0 radical (unpaired) electrons. The van der Waals surface area contributed by atoms with Crippen LogP contribution in [0, 0.1) is 0 Å². The number of nitrogens with two attached hydrogens (primary N) is 2. The molecule has 0 spiro atoms. The molecule has 0 aliphatic rings. The molecule has 0 saturated carbocycles. The largest absolute Gasteiger partial charge is 0.356 e. The van der Waals surface area contributed by atoms with Crippen LogP contribution in [-0.2, 0) is 19.2 Å². The minimum atomic E-state index is -0.513. The lowest BCUT2D eigenvalue weighted by Gasteiger charge is -2.13. The van der Waals surface area contributed by atoms with E-state index in [1.54, 1.807) is 0 Å². The molecule has 0 aliphatic carbocycles. The van der Waals surface area contributed by atoms with Gasteiger partial charge in [0, 0.05) is 39.0 Å². The van der Waals surface area contributed by atoms with E-state index in [2.05, 4.69) is 70.1 Å². The summed E-state index contributed by atoms with van der Waals surface area (Å²) in [5.41, 5.74) is 12.2. The van der Waals surface area contributed by atoms with E-state index >= 15 is 0 Å². The molecule has 0 aromatic rings. The Labute approximate surface area is 479 Å². The van der Waals surface area contributed by atoms with Crippen molar-refractivity contribution in [3.63, 3.8) is 0 Å². The van der Waals surface area contributed by atoms with E-state index in [0.29, 0.717) is 51.9 Å². The molecule has 0 aromatic heterocycles. The Bertz CT molecular complexity index is 1160. The summed E-state index contributed by atoms with van der Waals surface area (Å²) in [6.07, 6.45) is 51.6. The van der Waals surface area contributed by atoms with Crippen LogP contribution in [0.5, 0.6) is 0 Å². The van der Waals surface area contributed by atoms with Crippen molar-refractivity contribution in [3.8, 4) is 0 Å². The van der Waals surface area contributed by atoms with Crippen LogP contribution in [0.25, 0.3) is 0 Å². The van der Waals surface area contributed by atoms with Gasteiger partial charge in [0.05, 0.1) is 12.1 Å². The van der Waals surface area contributed by atoms with Crippen molar-refractivity contribution >= 4 is 73.3 Å². The number of nitrogens with one attached hydrogen (secondary N) is 6. The third-order valence-electron chi connectivity index (χ3n) is 13.1. The Hall–Kier alpha value is -1.64. The van der Waals surface area contributed by atoms with Gasteiger partial charge in [-0.25, -0.2) is 0 Å². The van der Waals surface area contributed by atoms with Gasteiger partial charge in [0.1, 0.15) is 0 Å². The molecule has 16 heteroatoms. The fraction of sp³-hybridized carbons (Fsp3) is 0.862. The van der Waals surface area contributed by atoms with E-state index in [1.165, 1.54) is 141 Å². The number of carbonyl (C=O) groups is 4. The highest BCUT2D eigenvalue weighted by atomic mass is 35.5. The molecule has 0 rings (SSSR count). The van der Waals surface area contributed by atoms with Crippen LogP contribution in [0.15, 0.2) is 24.3 Å². The van der Waals surface area contributed by atoms with Crippen LogP contribution in [0.4, 0.5) is 0 Å². The second-order valence-electron chi connectivity index (χ2n) is 20.1. The van der Waals surface area contributed by atoms with Crippen molar-refractivity contribution in [1.82, 2.24) is 31.9 Å². The molecule has 0 saturated heterocycles. The van der Waals surface area contributed by atoms with Gasteiger partial charge in [-0.05, 0) is 155 Å². The molecule has 2 unspecified atom stereocenters. The first-order valence-electron chi connectivity index (χ1n) is 29.6. The molecular weight excluding hydrogens is 1010 g/mol. The summed E-state index contributed by atoms with van der Waals surface area (Å²) in [5, 5.41) is 18.8. The van der Waals surface area contributed by atoms with Gasteiger partial charge in [0.2, 0.25) is 23.6 Å². The fourth-order valence-electron chi connectivity index (χ4n) is 8.45. The average molecular weight is 1130 g/mol. The number of hydrogen-bond donors (Lipinski definition) is 8. The molecular formula is C58H118Cl4N8O4. The Morgan fingerprint density at radius 2 is 0.595 bits per heavy atom. The zero-order valence-electron chi connectivity index (χ0n) is 47.4. The number of halogens is 4. The van der Waals surface area contributed by atoms with Crippen molar-refractivity contribution in [3.05, 3.63) is 24.3 Å². The zero-order valence-corrected chi connectivity index (χ0v) is 50.7. The molecule has 0 fully saturated rings. The summed E-state index contributed by atoms with van der Waals surface area (Å²) in [4.78, 5) is 49.1. The predicted octanol–water partition coefficient (Wildman–Crippen LogP) is 12.9. The van der Waals surface area contributed by atoms with Crippen LogP contribution in [0.3, 0.4) is 0 Å². The van der Waals surface area contributed by atoms with E-state index < -0.39 is 12.1 Å². The second kappa shape index (κ2) is 67.5. The molecule has 74 heavy (non-hydrogen) atoms. The van der Waals surface area contributed by atoms with Crippen LogP contribution in [0.2, 0.25) is 0 Å². The highest BCUT2D eigenvalue weighted by Gasteiger charge is 2.13. The molecule has 2 atom stereocenters. The fourth-order valence-corrected chi connectivity index (χ4v) is 8.45. The Morgan fingerprint density at radius 3 is 0.932 bits per heavy atom. The maximum atomic E-state index is 12.4. The van der Waals surface area contributed by atoms with E-state index in [0.717, 1.165) is 103 Å². The van der Waals surface area contributed by atoms with E-state index in [-0.39, 0.29) is 73.3 Å². The lowest BCUT2D eigenvalue weighted by molar-refractivity contribution is -0.123. The first-order chi connectivity index (χ1) is 34.3.